The number of benzene rings is 1. The fourth-order valence-corrected chi connectivity index (χ4v) is 5.42. The zero-order valence-corrected chi connectivity index (χ0v) is 16.9. The van der Waals surface area contributed by atoms with Crippen molar-refractivity contribution in [2.24, 2.45) is 11.7 Å². The van der Waals surface area contributed by atoms with Gasteiger partial charge in [-0.3, -0.25) is 4.79 Å². The average molecular weight is 387 g/mol. The summed E-state index contributed by atoms with van der Waals surface area (Å²) < 4.78 is 0. The van der Waals surface area contributed by atoms with Crippen LogP contribution in [0.25, 0.3) is 21.3 Å². The molecule has 0 saturated carbocycles. The van der Waals surface area contributed by atoms with Crippen molar-refractivity contribution in [3.05, 3.63) is 51.5 Å². The van der Waals surface area contributed by atoms with Gasteiger partial charge in [-0.1, -0.05) is 36.8 Å². The van der Waals surface area contributed by atoms with Crippen LogP contribution < -0.4 is 5.73 Å². The number of aromatic nitrogens is 1. The van der Waals surface area contributed by atoms with Gasteiger partial charge in [-0.15, -0.1) is 23.7 Å². The second-order valence-electron chi connectivity index (χ2n) is 7.21. The molecule has 3 aromatic rings. The zero-order valence-electron chi connectivity index (χ0n) is 15.3. The van der Waals surface area contributed by atoms with E-state index in [4.69, 9.17) is 10.7 Å². The second-order valence-corrected chi connectivity index (χ2v) is 8.30. The molecule has 3 nitrogen and oxygen atoms in total. The molecule has 2 N–H and O–H groups in total. The molecule has 1 aromatic carbocycles. The van der Waals surface area contributed by atoms with E-state index in [0.717, 1.165) is 39.9 Å². The van der Waals surface area contributed by atoms with Crippen molar-refractivity contribution >= 4 is 39.9 Å². The molecule has 2 aromatic heterocycles. The SMILES string of the molecule is Cc1cccc(-c2c(C(N)=O)c(C)nc3sc4c(c23)CCC(C)C4)c1.Cl. The fourth-order valence-electron chi connectivity index (χ4n) is 3.98. The van der Waals surface area contributed by atoms with Crippen LogP contribution >= 0.6 is 23.7 Å². The molecule has 4 rings (SSSR count). The first-order valence-corrected chi connectivity index (χ1v) is 9.59. The monoisotopic (exact) mass is 386 g/mol. The highest BCUT2D eigenvalue weighted by molar-refractivity contribution is 7.19. The molecule has 0 fully saturated rings. The number of carbonyl (C=O) groups excluding carboxylic acids is 1. The lowest BCUT2D eigenvalue weighted by atomic mass is 9.86. The van der Waals surface area contributed by atoms with E-state index >= 15 is 0 Å². The van der Waals surface area contributed by atoms with Crippen molar-refractivity contribution in [1.29, 1.82) is 0 Å². The van der Waals surface area contributed by atoms with Crippen LogP contribution in [0.15, 0.2) is 24.3 Å². The molecule has 5 heteroatoms. The smallest absolute Gasteiger partial charge is 0.251 e. The third kappa shape index (κ3) is 3.01. The van der Waals surface area contributed by atoms with Crippen LogP contribution in [0.4, 0.5) is 0 Å². The Labute approximate surface area is 164 Å². The Hall–Kier alpha value is -1.91. The van der Waals surface area contributed by atoms with Crippen molar-refractivity contribution in [2.75, 3.05) is 0 Å². The normalized spacial score (nSPS) is 16.2. The van der Waals surface area contributed by atoms with Crippen LogP contribution in [-0.2, 0) is 12.8 Å². The predicted molar refractivity (Wildman–Crippen MR) is 111 cm³/mol. The van der Waals surface area contributed by atoms with Gasteiger partial charge < -0.3 is 5.73 Å². The van der Waals surface area contributed by atoms with Crippen molar-refractivity contribution in [3.63, 3.8) is 0 Å². The van der Waals surface area contributed by atoms with Gasteiger partial charge in [-0.05, 0) is 50.2 Å². The summed E-state index contributed by atoms with van der Waals surface area (Å²) in [6.07, 6.45) is 3.35. The molecule has 1 atom stereocenters. The number of pyridine rings is 1. The Balaban J connectivity index is 0.00000196. The Morgan fingerprint density at radius 3 is 2.77 bits per heavy atom. The molecule has 1 unspecified atom stereocenters. The number of hydrogen-bond donors (Lipinski definition) is 1. The molecule has 2 heterocycles. The molecule has 0 saturated heterocycles. The standard InChI is InChI=1S/C21H22N2OS.ClH/c1-11-5-4-6-14(9-11)18-17(20(22)24)13(3)23-21-19(18)15-8-7-12(2)10-16(15)25-21;/h4-6,9,12H,7-8,10H2,1-3H3,(H2,22,24);1H. The quantitative estimate of drug-likeness (QED) is 0.655. The van der Waals surface area contributed by atoms with Gasteiger partial charge in [0, 0.05) is 15.8 Å². The summed E-state index contributed by atoms with van der Waals surface area (Å²) >= 11 is 1.79. The van der Waals surface area contributed by atoms with E-state index in [2.05, 4.69) is 32.0 Å². The van der Waals surface area contributed by atoms with Crippen molar-refractivity contribution in [1.82, 2.24) is 4.98 Å². The third-order valence-corrected chi connectivity index (χ3v) is 6.33. The number of rotatable bonds is 2. The third-order valence-electron chi connectivity index (χ3n) is 5.18. The Bertz CT molecular complexity index is 1010. The molecule has 0 aliphatic heterocycles. The number of hydrogen-bond acceptors (Lipinski definition) is 3. The molecule has 26 heavy (non-hydrogen) atoms. The minimum absolute atomic E-state index is 0. The molecule has 136 valence electrons. The molecular formula is C21H23ClN2OS. The van der Waals surface area contributed by atoms with Crippen LogP contribution in [0.5, 0.6) is 0 Å². The lowest BCUT2D eigenvalue weighted by molar-refractivity contribution is 0.1000. The Morgan fingerprint density at radius 1 is 1.31 bits per heavy atom. The maximum atomic E-state index is 12.3. The first-order chi connectivity index (χ1) is 12.0. The first-order valence-electron chi connectivity index (χ1n) is 8.77. The molecule has 0 bridgehead atoms. The van der Waals surface area contributed by atoms with Gasteiger partial charge in [0.25, 0.3) is 5.91 Å². The molecule has 0 spiro atoms. The van der Waals surface area contributed by atoms with Crippen LogP contribution in [-0.4, -0.2) is 10.9 Å². The van der Waals surface area contributed by atoms with Gasteiger partial charge in [0.1, 0.15) is 4.83 Å². The molecule has 1 aliphatic carbocycles. The van der Waals surface area contributed by atoms with E-state index in [1.165, 1.54) is 22.4 Å². The maximum Gasteiger partial charge on any atom is 0.251 e. The van der Waals surface area contributed by atoms with Gasteiger partial charge in [-0.2, -0.15) is 0 Å². The number of thiophene rings is 1. The first kappa shape index (κ1) is 18.9. The van der Waals surface area contributed by atoms with Crippen molar-refractivity contribution in [2.45, 2.75) is 40.0 Å². The van der Waals surface area contributed by atoms with Crippen molar-refractivity contribution < 1.29 is 4.79 Å². The summed E-state index contributed by atoms with van der Waals surface area (Å²) in [7, 11) is 0. The topological polar surface area (TPSA) is 56.0 Å². The summed E-state index contributed by atoms with van der Waals surface area (Å²) in [6.45, 7) is 6.27. The molecular weight excluding hydrogens is 364 g/mol. The lowest BCUT2D eigenvalue weighted by Gasteiger charge is -2.19. The zero-order chi connectivity index (χ0) is 17.7. The number of aryl methyl sites for hydroxylation is 3. The number of nitrogens with zero attached hydrogens (tertiary/aromatic N) is 1. The van der Waals surface area contributed by atoms with E-state index in [-0.39, 0.29) is 12.4 Å². The summed E-state index contributed by atoms with van der Waals surface area (Å²) in [5.74, 6) is 0.312. The summed E-state index contributed by atoms with van der Waals surface area (Å²) in [5, 5.41) is 1.15. The van der Waals surface area contributed by atoms with Gasteiger partial charge in [0.15, 0.2) is 0 Å². The van der Waals surface area contributed by atoms with E-state index < -0.39 is 5.91 Å². The highest BCUT2D eigenvalue weighted by atomic mass is 35.5. The number of carbonyl (C=O) groups is 1. The van der Waals surface area contributed by atoms with Gasteiger partial charge in [0.2, 0.25) is 0 Å². The number of fused-ring (bicyclic) bond motifs is 3. The highest BCUT2D eigenvalue weighted by Gasteiger charge is 2.27. The highest BCUT2D eigenvalue weighted by Crippen LogP contribution is 2.43. The summed E-state index contributed by atoms with van der Waals surface area (Å²) in [5.41, 5.74) is 11.7. The Morgan fingerprint density at radius 2 is 2.08 bits per heavy atom. The van der Waals surface area contributed by atoms with Gasteiger partial charge in [-0.25, -0.2) is 4.98 Å². The van der Waals surface area contributed by atoms with Crippen LogP contribution in [0, 0.1) is 19.8 Å². The predicted octanol–water partition coefficient (Wildman–Crippen LogP) is 5.23. The van der Waals surface area contributed by atoms with E-state index in [1.807, 2.05) is 13.0 Å². The minimum Gasteiger partial charge on any atom is -0.366 e. The van der Waals surface area contributed by atoms with E-state index in [1.54, 1.807) is 11.3 Å². The second kappa shape index (κ2) is 7.01. The number of nitrogens with two attached hydrogens (primary N) is 1. The maximum absolute atomic E-state index is 12.3. The summed E-state index contributed by atoms with van der Waals surface area (Å²) in [6, 6.07) is 8.32. The van der Waals surface area contributed by atoms with Crippen LogP contribution in [0.3, 0.4) is 0 Å². The Kier molecular flexibility index (Phi) is 5.09. The average Bonchev–Trinajstić information content (AvgIpc) is 2.89. The summed E-state index contributed by atoms with van der Waals surface area (Å²) in [4.78, 5) is 19.5. The van der Waals surface area contributed by atoms with Crippen molar-refractivity contribution in [3.8, 4) is 11.1 Å². The molecule has 0 radical (unpaired) electrons. The fraction of sp³-hybridized carbons (Fsp3) is 0.333. The number of primary amides is 1. The number of amides is 1. The molecule has 1 amide bonds. The minimum atomic E-state index is -0.396. The largest absolute Gasteiger partial charge is 0.366 e. The lowest BCUT2D eigenvalue weighted by Crippen LogP contribution is -2.16. The van der Waals surface area contributed by atoms with Crippen LogP contribution in [0.2, 0.25) is 0 Å². The number of halogens is 1. The van der Waals surface area contributed by atoms with Crippen LogP contribution in [0.1, 0.15) is 45.4 Å². The van der Waals surface area contributed by atoms with Gasteiger partial charge >= 0.3 is 0 Å². The van der Waals surface area contributed by atoms with E-state index in [9.17, 15) is 4.79 Å². The molecule has 1 aliphatic rings. The van der Waals surface area contributed by atoms with Gasteiger partial charge in [0.05, 0.1) is 11.3 Å². The van der Waals surface area contributed by atoms with E-state index in [0.29, 0.717) is 11.5 Å².